The van der Waals surface area contributed by atoms with Crippen molar-refractivity contribution in [1.82, 2.24) is 9.55 Å². The summed E-state index contributed by atoms with van der Waals surface area (Å²) < 4.78 is 3.09. The second kappa shape index (κ2) is 7.64. The Kier molecular flexibility index (Phi) is 5.86. The molecule has 0 aliphatic rings. The molecule has 1 aromatic heterocycles. The number of rotatable bonds is 7. The third-order valence-corrected chi connectivity index (χ3v) is 4.93. The number of nitrogens with zero attached hydrogens (tertiary/aromatic N) is 2. The highest BCUT2D eigenvalue weighted by molar-refractivity contribution is 9.10. The monoisotopic (exact) mass is 352 g/mol. The molecule has 0 radical (unpaired) electrons. The van der Waals surface area contributed by atoms with Gasteiger partial charge in [0.1, 0.15) is 5.82 Å². The van der Waals surface area contributed by atoms with Crippen molar-refractivity contribution in [3.05, 3.63) is 47.0 Å². The molecular formula is C15H17BrN2OS. The molecule has 1 heterocycles. The van der Waals surface area contributed by atoms with Crippen molar-refractivity contribution < 1.29 is 4.79 Å². The number of thioether (sulfide) groups is 1. The van der Waals surface area contributed by atoms with Gasteiger partial charge in [0.25, 0.3) is 0 Å². The van der Waals surface area contributed by atoms with Gasteiger partial charge in [0.15, 0.2) is 5.78 Å². The molecule has 0 spiro atoms. The van der Waals surface area contributed by atoms with Crippen LogP contribution in [0.25, 0.3) is 0 Å². The lowest BCUT2D eigenvalue weighted by Gasteiger charge is -2.06. The van der Waals surface area contributed by atoms with Gasteiger partial charge in [-0.15, -0.1) is 11.8 Å². The zero-order chi connectivity index (χ0) is 14.4. The van der Waals surface area contributed by atoms with Gasteiger partial charge in [-0.3, -0.25) is 4.79 Å². The van der Waals surface area contributed by atoms with Crippen molar-refractivity contribution in [1.29, 1.82) is 0 Å². The number of aryl methyl sites for hydroxylation is 1. The number of halogens is 1. The number of hydrogen-bond acceptors (Lipinski definition) is 3. The number of imidazole rings is 1. The molecule has 0 atom stereocenters. The molecule has 2 aromatic rings. The van der Waals surface area contributed by atoms with Crippen LogP contribution in [0.5, 0.6) is 0 Å². The molecule has 0 aliphatic carbocycles. The van der Waals surface area contributed by atoms with E-state index in [-0.39, 0.29) is 5.78 Å². The largest absolute Gasteiger partial charge is 0.335 e. The summed E-state index contributed by atoms with van der Waals surface area (Å²) in [5.41, 5.74) is 0. The fraction of sp³-hybridized carbons (Fsp3) is 0.333. The van der Waals surface area contributed by atoms with Crippen LogP contribution in [-0.2, 0) is 17.8 Å². The van der Waals surface area contributed by atoms with E-state index in [1.54, 1.807) is 18.0 Å². The lowest BCUT2D eigenvalue weighted by molar-refractivity contribution is -0.116. The van der Waals surface area contributed by atoms with Gasteiger partial charge in [0.2, 0.25) is 0 Å². The predicted octanol–water partition coefficient (Wildman–Crippen LogP) is 3.96. The smallest absolute Gasteiger partial charge is 0.150 e. The van der Waals surface area contributed by atoms with Crippen LogP contribution in [0.2, 0.25) is 0 Å². The summed E-state index contributed by atoms with van der Waals surface area (Å²) >= 11 is 5.05. The van der Waals surface area contributed by atoms with E-state index in [1.807, 2.05) is 30.5 Å². The molecule has 0 amide bonds. The maximum absolute atomic E-state index is 12.1. The quantitative estimate of drug-likeness (QED) is 0.707. The van der Waals surface area contributed by atoms with Crippen LogP contribution in [0.3, 0.4) is 0 Å². The van der Waals surface area contributed by atoms with Crippen molar-refractivity contribution in [3.8, 4) is 0 Å². The summed E-state index contributed by atoms with van der Waals surface area (Å²) in [7, 11) is 0. The van der Waals surface area contributed by atoms with Crippen molar-refractivity contribution in [2.45, 2.75) is 31.2 Å². The maximum Gasteiger partial charge on any atom is 0.150 e. The minimum Gasteiger partial charge on any atom is -0.335 e. The number of aromatic nitrogens is 2. The number of benzene rings is 1. The summed E-state index contributed by atoms with van der Waals surface area (Å²) in [5.74, 6) is 1.54. The Bertz CT molecular complexity index is 583. The zero-order valence-corrected chi connectivity index (χ0v) is 13.8. The lowest BCUT2D eigenvalue weighted by Crippen LogP contribution is -2.11. The Balaban J connectivity index is 1.90. The first kappa shape index (κ1) is 15.3. The molecule has 0 N–H and O–H groups in total. The Morgan fingerprint density at radius 3 is 2.95 bits per heavy atom. The topological polar surface area (TPSA) is 34.9 Å². The number of carbonyl (C=O) groups is 1. The molecule has 0 saturated carbocycles. The van der Waals surface area contributed by atoms with Crippen LogP contribution in [0.15, 0.2) is 46.0 Å². The van der Waals surface area contributed by atoms with Crippen LogP contribution >= 0.6 is 27.7 Å². The average molecular weight is 353 g/mol. The van der Waals surface area contributed by atoms with Crippen LogP contribution in [0.1, 0.15) is 19.2 Å². The van der Waals surface area contributed by atoms with Crippen molar-refractivity contribution in [2.24, 2.45) is 0 Å². The third kappa shape index (κ3) is 4.21. The molecule has 5 heteroatoms. The summed E-state index contributed by atoms with van der Waals surface area (Å²) in [6.45, 7) is 3.04. The Morgan fingerprint density at radius 2 is 2.20 bits per heavy atom. The highest BCUT2D eigenvalue weighted by Gasteiger charge is 2.10. The van der Waals surface area contributed by atoms with E-state index in [0.717, 1.165) is 28.2 Å². The standard InChI is InChI=1S/C15H17BrN2OS/c1-2-8-18-9-7-17-15(18)10-12(19)11-20-14-6-4-3-5-13(14)16/h3-7,9H,2,8,10-11H2,1H3. The molecule has 0 bridgehead atoms. The first-order valence-corrected chi connectivity index (χ1v) is 8.37. The van der Waals surface area contributed by atoms with E-state index in [1.165, 1.54) is 0 Å². The predicted molar refractivity (Wildman–Crippen MR) is 86.1 cm³/mol. The number of hydrogen-bond donors (Lipinski definition) is 0. The molecule has 0 unspecified atom stereocenters. The molecule has 1 aromatic carbocycles. The van der Waals surface area contributed by atoms with Gasteiger partial charge in [-0.2, -0.15) is 0 Å². The van der Waals surface area contributed by atoms with Gasteiger partial charge in [0.05, 0.1) is 12.2 Å². The highest BCUT2D eigenvalue weighted by atomic mass is 79.9. The van der Waals surface area contributed by atoms with E-state index in [0.29, 0.717) is 12.2 Å². The van der Waals surface area contributed by atoms with E-state index in [9.17, 15) is 4.79 Å². The highest BCUT2D eigenvalue weighted by Crippen LogP contribution is 2.27. The van der Waals surface area contributed by atoms with Crippen molar-refractivity contribution in [3.63, 3.8) is 0 Å². The normalized spacial score (nSPS) is 10.7. The fourth-order valence-corrected chi connectivity index (χ4v) is 3.33. The molecule has 106 valence electrons. The van der Waals surface area contributed by atoms with Gasteiger partial charge in [-0.05, 0) is 34.5 Å². The Hall–Kier alpha value is -1.07. The van der Waals surface area contributed by atoms with Gasteiger partial charge < -0.3 is 4.57 Å². The minimum absolute atomic E-state index is 0.203. The van der Waals surface area contributed by atoms with Gasteiger partial charge in [-0.1, -0.05) is 19.1 Å². The zero-order valence-electron chi connectivity index (χ0n) is 11.4. The Labute approximate surface area is 131 Å². The first-order valence-electron chi connectivity index (χ1n) is 6.59. The second-order valence-electron chi connectivity index (χ2n) is 4.47. The van der Waals surface area contributed by atoms with E-state index < -0.39 is 0 Å². The van der Waals surface area contributed by atoms with Crippen LogP contribution in [-0.4, -0.2) is 21.1 Å². The number of Topliss-reactive ketones (excluding diaryl/α,β-unsaturated/α-hetero) is 1. The van der Waals surface area contributed by atoms with Crippen molar-refractivity contribution >= 4 is 33.5 Å². The molecule has 0 saturated heterocycles. The average Bonchev–Trinajstić information content (AvgIpc) is 2.86. The maximum atomic E-state index is 12.1. The second-order valence-corrected chi connectivity index (χ2v) is 6.34. The van der Waals surface area contributed by atoms with Gasteiger partial charge in [0, 0.05) is 28.3 Å². The van der Waals surface area contributed by atoms with Gasteiger partial charge >= 0.3 is 0 Å². The third-order valence-electron chi connectivity index (χ3n) is 2.85. The summed E-state index contributed by atoms with van der Waals surface area (Å²) in [4.78, 5) is 17.4. The summed E-state index contributed by atoms with van der Waals surface area (Å²) in [5, 5.41) is 0. The van der Waals surface area contributed by atoms with E-state index >= 15 is 0 Å². The van der Waals surface area contributed by atoms with Crippen LogP contribution in [0, 0.1) is 0 Å². The lowest BCUT2D eigenvalue weighted by atomic mass is 10.3. The first-order chi connectivity index (χ1) is 9.70. The SMILES string of the molecule is CCCn1ccnc1CC(=O)CSc1ccccc1Br. The van der Waals surface area contributed by atoms with Gasteiger partial charge in [-0.25, -0.2) is 4.98 Å². The molecule has 0 aliphatic heterocycles. The van der Waals surface area contributed by atoms with Crippen molar-refractivity contribution in [2.75, 3.05) is 5.75 Å². The van der Waals surface area contributed by atoms with Crippen LogP contribution < -0.4 is 0 Å². The van der Waals surface area contributed by atoms with Crippen LogP contribution in [0.4, 0.5) is 0 Å². The molecular weight excluding hydrogens is 336 g/mol. The Morgan fingerprint density at radius 1 is 1.40 bits per heavy atom. The van der Waals surface area contributed by atoms with E-state index in [2.05, 4.69) is 32.4 Å². The fourth-order valence-electron chi connectivity index (χ4n) is 1.90. The molecule has 3 nitrogen and oxygen atoms in total. The number of ketones is 1. The molecule has 20 heavy (non-hydrogen) atoms. The van der Waals surface area contributed by atoms with E-state index in [4.69, 9.17) is 0 Å². The number of carbonyl (C=O) groups excluding carboxylic acids is 1. The summed E-state index contributed by atoms with van der Waals surface area (Å²) in [6, 6.07) is 7.95. The summed E-state index contributed by atoms with van der Waals surface area (Å²) in [6.07, 6.45) is 5.15. The molecule has 0 fully saturated rings. The molecule has 2 rings (SSSR count). The minimum atomic E-state index is 0.203.